The van der Waals surface area contributed by atoms with Gasteiger partial charge in [0.15, 0.2) is 0 Å². The van der Waals surface area contributed by atoms with Crippen LogP contribution in [-0.2, 0) is 22.0 Å². The third-order valence-electron chi connectivity index (χ3n) is 4.36. The van der Waals surface area contributed by atoms with Crippen molar-refractivity contribution in [1.82, 2.24) is 0 Å². The van der Waals surface area contributed by atoms with Crippen LogP contribution < -0.4 is 0 Å². The minimum absolute atomic E-state index is 0.0738. The van der Waals surface area contributed by atoms with E-state index in [1.54, 1.807) is 0 Å². The van der Waals surface area contributed by atoms with E-state index >= 15 is 0 Å². The first-order chi connectivity index (χ1) is 8.63. The number of fused-ring (bicyclic) bond motifs is 1. The van der Waals surface area contributed by atoms with Gasteiger partial charge in [0.1, 0.15) is 0 Å². The highest BCUT2D eigenvalue weighted by Crippen LogP contribution is 2.47. The molecule has 1 aromatic rings. The second-order valence-electron chi connectivity index (χ2n) is 6.83. The Kier molecular flexibility index (Phi) is 3.54. The van der Waals surface area contributed by atoms with Gasteiger partial charge in [-0.1, -0.05) is 49.7 Å². The van der Waals surface area contributed by atoms with E-state index in [-0.39, 0.29) is 17.3 Å². The number of hydrogen-bond donors (Lipinski definition) is 1. The molecule has 104 valence electrons. The molecule has 0 aliphatic heterocycles. The molecule has 1 N–H and O–H groups in total. The van der Waals surface area contributed by atoms with Crippen LogP contribution in [0.3, 0.4) is 0 Å². The summed E-state index contributed by atoms with van der Waals surface area (Å²) in [7, 11) is 0. The predicted octanol–water partition coefficient (Wildman–Crippen LogP) is 4.43. The van der Waals surface area contributed by atoms with Crippen molar-refractivity contribution in [3.63, 3.8) is 0 Å². The summed E-state index contributed by atoms with van der Waals surface area (Å²) in [5, 5.41) is 9.01. The molecule has 2 nitrogen and oxygen atoms in total. The third kappa shape index (κ3) is 2.71. The van der Waals surface area contributed by atoms with Crippen molar-refractivity contribution in [1.29, 1.82) is 0 Å². The van der Waals surface area contributed by atoms with E-state index in [2.05, 4.69) is 55.8 Å². The van der Waals surface area contributed by atoms with Gasteiger partial charge < -0.3 is 5.11 Å². The molecule has 0 saturated heterocycles. The van der Waals surface area contributed by atoms with Crippen LogP contribution in [0.15, 0.2) is 16.6 Å². The zero-order valence-electron chi connectivity index (χ0n) is 12.0. The highest BCUT2D eigenvalue weighted by atomic mass is 79.9. The van der Waals surface area contributed by atoms with Crippen molar-refractivity contribution >= 4 is 21.9 Å². The zero-order chi connectivity index (χ0) is 14.4. The Morgan fingerprint density at radius 3 is 2.11 bits per heavy atom. The number of aliphatic carboxylic acids is 1. The maximum Gasteiger partial charge on any atom is 0.307 e. The van der Waals surface area contributed by atoms with Crippen molar-refractivity contribution in [3.05, 3.63) is 33.3 Å². The minimum Gasteiger partial charge on any atom is -0.481 e. The molecule has 19 heavy (non-hydrogen) atoms. The van der Waals surface area contributed by atoms with Gasteiger partial charge in [-0.05, 0) is 46.4 Å². The average Bonchev–Trinajstić information content (AvgIpc) is 2.26. The predicted molar refractivity (Wildman–Crippen MR) is 80.8 cm³/mol. The molecular weight excluding hydrogens is 304 g/mol. The lowest BCUT2D eigenvalue weighted by molar-refractivity contribution is -0.136. The Morgan fingerprint density at radius 1 is 1.16 bits per heavy atom. The highest BCUT2D eigenvalue weighted by Gasteiger charge is 2.37. The Balaban J connectivity index is 2.61. The summed E-state index contributed by atoms with van der Waals surface area (Å²) in [5.74, 6) is -0.784. The maximum absolute atomic E-state index is 11.0. The Morgan fingerprint density at radius 2 is 1.63 bits per heavy atom. The van der Waals surface area contributed by atoms with Crippen LogP contribution in [0.25, 0.3) is 0 Å². The minimum atomic E-state index is -0.784. The molecule has 0 spiro atoms. The first-order valence-corrected chi connectivity index (χ1v) is 7.48. The van der Waals surface area contributed by atoms with Crippen molar-refractivity contribution in [2.24, 2.45) is 0 Å². The SMILES string of the molecule is CC1(C)CCC(C)(C)c2cc(CC(=O)O)c(Br)cc21. The number of carboxylic acids is 1. The molecule has 1 aliphatic rings. The van der Waals surface area contributed by atoms with Gasteiger partial charge in [0.25, 0.3) is 0 Å². The number of carboxylic acid groups (broad SMARTS) is 1. The fraction of sp³-hybridized carbons (Fsp3) is 0.562. The summed E-state index contributed by atoms with van der Waals surface area (Å²) in [6.07, 6.45) is 2.38. The molecule has 3 heteroatoms. The van der Waals surface area contributed by atoms with Crippen LogP contribution >= 0.6 is 15.9 Å². The second-order valence-corrected chi connectivity index (χ2v) is 7.68. The van der Waals surface area contributed by atoms with E-state index in [9.17, 15) is 4.79 Å². The summed E-state index contributed by atoms with van der Waals surface area (Å²) in [5.41, 5.74) is 3.82. The van der Waals surface area contributed by atoms with Gasteiger partial charge in [0.2, 0.25) is 0 Å². The van der Waals surface area contributed by atoms with Crippen LogP contribution in [-0.4, -0.2) is 11.1 Å². The normalized spacial score (nSPS) is 19.8. The molecule has 0 radical (unpaired) electrons. The summed E-state index contributed by atoms with van der Waals surface area (Å²) >= 11 is 3.53. The van der Waals surface area contributed by atoms with Crippen LogP contribution in [0, 0.1) is 0 Å². The standard InChI is InChI=1S/C16H21BrO2/c1-15(2)5-6-16(3,4)12-9-13(17)10(7-11(12)15)8-14(18)19/h7,9H,5-6,8H2,1-4H3,(H,18,19). The summed E-state index contributed by atoms with van der Waals surface area (Å²) in [6.45, 7) is 9.04. The Hall–Kier alpha value is -0.830. The van der Waals surface area contributed by atoms with E-state index in [1.165, 1.54) is 11.1 Å². The highest BCUT2D eigenvalue weighted by molar-refractivity contribution is 9.10. The van der Waals surface area contributed by atoms with E-state index in [0.717, 1.165) is 22.9 Å². The summed E-state index contributed by atoms with van der Waals surface area (Å²) < 4.78 is 0.916. The number of hydrogen-bond acceptors (Lipinski definition) is 1. The van der Waals surface area contributed by atoms with Crippen LogP contribution in [0.1, 0.15) is 57.2 Å². The van der Waals surface area contributed by atoms with Gasteiger partial charge >= 0.3 is 5.97 Å². The molecule has 0 saturated carbocycles. The summed E-state index contributed by atoms with van der Waals surface area (Å²) in [4.78, 5) is 11.0. The quantitative estimate of drug-likeness (QED) is 0.874. The van der Waals surface area contributed by atoms with Gasteiger partial charge in [-0.15, -0.1) is 0 Å². The van der Waals surface area contributed by atoms with Crippen LogP contribution in [0.5, 0.6) is 0 Å². The molecule has 0 fully saturated rings. The van der Waals surface area contributed by atoms with Crippen LogP contribution in [0.4, 0.5) is 0 Å². The average molecular weight is 325 g/mol. The van der Waals surface area contributed by atoms with E-state index in [1.807, 2.05) is 0 Å². The summed E-state index contributed by atoms with van der Waals surface area (Å²) in [6, 6.07) is 4.23. The first kappa shape index (κ1) is 14.6. The molecule has 0 atom stereocenters. The maximum atomic E-state index is 11.0. The lowest BCUT2D eigenvalue weighted by Gasteiger charge is -2.42. The molecule has 1 aromatic carbocycles. The van der Waals surface area contributed by atoms with Crippen molar-refractivity contribution in [2.45, 2.75) is 57.8 Å². The molecule has 0 unspecified atom stereocenters. The van der Waals surface area contributed by atoms with Crippen molar-refractivity contribution < 1.29 is 9.90 Å². The van der Waals surface area contributed by atoms with Crippen molar-refractivity contribution in [3.8, 4) is 0 Å². The number of benzene rings is 1. The lowest BCUT2D eigenvalue weighted by Crippen LogP contribution is -2.34. The van der Waals surface area contributed by atoms with E-state index < -0.39 is 5.97 Å². The molecule has 0 bridgehead atoms. The smallest absolute Gasteiger partial charge is 0.307 e. The number of halogens is 1. The topological polar surface area (TPSA) is 37.3 Å². The molecule has 1 aliphatic carbocycles. The largest absolute Gasteiger partial charge is 0.481 e. The van der Waals surface area contributed by atoms with Gasteiger partial charge in [-0.25, -0.2) is 0 Å². The molecular formula is C16H21BrO2. The fourth-order valence-electron chi connectivity index (χ4n) is 2.93. The zero-order valence-corrected chi connectivity index (χ0v) is 13.6. The second kappa shape index (κ2) is 4.62. The van der Waals surface area contributed by atoms with Crippen molar-refractivity contribution in [2.75, 3.05) is 0 Å². The van der Waals surface area contributed by atoms with Gasteiger partial charge in [-0.2, -0.15) is 0 Å². The Labute approximate surface area is 123 Å². The van der Waals surface area contributed by atoms with Gasteiger partial charge in [0.05, 0.1) is 6.42 Å². The fourth-order valence-corrected chi connectivity index (χ4v) is 3.41. The van der Waals surface area contributed by atoms with E-state index in [0.29, 0.717) is 0 Å². The van der Waals surface area contributed by atoms with Gasteiger partial charge in [0, 0.05) is 4.47 Å². The van der Waals surface area contributed by atoms with Gasteiger partial charge in [-0.3, -0.25) is 4.79 Å². The Bertz CT molecular complexity index is 530. The number of carbonyl (C=O) groups is 1. The lowest BCUT2D eigenvalue weighted by atomic mass is 9.63. The molecule has 0 aromatic heterocycles. The van der Waals surface area contributed by atoms with Crippen LogP contribution in [0.2, 0.25) is 0 Å². The monoisotopic (exact) mass is 324 g/mol. The third-order valence-corrected chi connectivity index (χ3v) is 5.10. The molecule has 0 amide bonds. The van der Waals surface area contributed by atoms with E-state index in [4.69, 9.17) is 5.11 Å². The molecule has 0 heterocycles. The number of rotatable bonds is 2. The molecule has 2 rings (SSSR count). The first-order valence-electron chi connectivity index (χ1n) is 6.69.